The Morgan fingerprint density at radius 2 is 1.46 bits per heavy atom. The second-order valence-corrected chi connectivity index (χ2v) is 15.4. The van der Waals surface area contributed by atoms with Gasteiger partial charge < -0.3 is 15.2 Å². The Kier molecular flexibility index (Phi) is 6.17. The molecular weight excluding hydrogens is 619 g/mol. The normalized spacial score (nSPS) is 35.6. The van der Waals surface area contributed by atoms with Gasteiger partial charge in [-0.1, -0.05) is 42.3 Å². The molecule has 240 valence electrons. The summed E-state index contributed by atoms with van der Waals surface area (Å²) in [6, 6.07) is 10.6. The molecule has 1 aromatic carbocycles. The number of piperidine rings is 2. The van der Waals surface area contributed by atoms with Gasteiger partial charge in [0.05, 0.1) is 17.0 Å². The lowest BCUT2D eigenvalue weighted by Crippen LogP contribution is -2.50. The van der Waals surface area contributed by atoms with Gasteiger partial charge in [0.15, 0.2) is 11.2 Å². The number of carbonyl (C=O) groups excluding carboxylic acids is 2. The molecule has 7 unspecified atom stereocenters. The number of nitrogens with zero attached hydrogens (tertiary/aromatic N) is 2. The summed E-state index contributed by atoms with van der Waals surface area (Å²) in [7, 11) is 0. The largest absolute Gasteiger partial charge is 0.449 e. The number of fused-ring (bicyclic) bond motifs is 6. The standard InChI is InChI=1S/C40H35N3O4S/c41-29-9-5-24(6-10-29)4-7-26-15-31-22-40(34(26)20-38(45)47-40)36-18-25(12-14-43(31)36)28-17-32(48-23-28)11-8-27-16-30-21-39(33(27)19-37(44)46-39)35-3-1-2-13-42(30)35/h5-6,9-10,15-17,19-20,23,25,30-31,35-36H,1-3,12-14,18,21-22,41H2. The third-order valence-electron chi connectivity index (χ3n) is 12.1. The first-order chi connectivity index (χ1) is 23.4. The number of thiophene rings is 1. The first-order valence-corrected chi connectivity index (χ1v) is 18.1. The van der Waals surface area contributed by atoms with Crippen LogP contribution in [0.5, 0.6) is 0 Å². The van der Waals surface area contributed by atoms with Crippen molar-refractivity contribution in [3.8, 4) is 23.7 Å². The molecule has 2 aliphatic carbocycles. The summed E-state index contributed by atoms with van der Waals surface area (Å²) in [5.41, 5.74) is 11.4. The monoisotopic (exact) mass is 653 g/mol. The summed E-state index contributed by atoms with van der Waals surface area (Å²) in [4.78, 5) is 31.5. The van der Waals surface area contributed by atoms with Gasteiger partial charge in [-0.05, 0) is 86.0 Å². The molecule has 7 nitrogen and oxygen atoms in total. The van der Waals surface area contributed by atoms with Crippen LogP contribution in [0.15, 0.2) is 82.3 Å². The third kappa shape index (κ3) is 4.16. The molecule has 4 bridgehead atoms. The van der Waals surface area contributed by atoms with Crippen LogP contribution >= 0.6 is 11.3 Å². The van der Waals surface area contributed by atoms with E-state index in [1.807, 2.05) is 24.3 Å². The van der Waals surface area contributed by atoms with Gasteiger partial charge in [-0.2, -0.15) is 0 Å². The molecule has 48 heavy (non-hydrogen) atoms. The number of hydrogen-bond donors (Lipinski definition) is 1. The average Bonchev–Trinajstić information content (AvgIpc) is 3.89. The van der Waals surface area contributed by atoms with Crippen LogP contribution < -0.4 is 5.73 Å². The van der Waals surface area contributed by atoms with Gasteiger partial charge in [0.1, 0.15) is 0 Å². The molecule has 1 aromatic heterocycles. The first kappa shape index (κ1) is 28.7. The summed E-state index contributed by atoms with van der Waals surface area (Å²) < 4.78 is 12.3. The molecule has 2 spiro atoms. The van der Waals surface area contributed by atoms with E-state index in [4.69, 9.17) is 15.2 Å². The molecule has 2 N–H and O–H groups in total. The molecule has 6 aliphatic heterocycles. The summed E-state index contributed by atoms with van der Waals surface area (Å²) >= 11 is 1.69. The van der Waals surface area contributed by atoms with E-state index < -0.39 is 11.2 Å². The number of rotatable bonds is 1. The molecule has 7 heterocycles. The van der Waals surface area contributed by atoms with Crippen LogP contribution in [-0.4, -0.2) is 70.2 Å². The van der Waals surface area contributed by atoms with Crippen LogP contribution in [0.25, 0.3) is 0 Å². The molecule has 4 fully saturated rings. The van der Waals surface area contributed by atoms with Crippen molar-refractivity contribution in [3.05, 3.63) is 98.3 Å². The van der Waals surface area contributed by atoms with E-state index in [2.05, 4.69) is 57.1 Å². The second kappa shape index (κ2) is 10.3. The fraction of sp³-hybridized carbons (Fsp3) is 0.400. The van der Waals surface area contributed by atoms with Crippen molar-refractivity contribution in [2.45, 2.75) is 86.2 Å². The van der Waals surface area contributed by atoms with Gasteiger partial charge in [-0.25, -0.2) is 9.59 Å². The Morgan fingerprint density at radius 3 is 2.19 bits per heavy atom. The van der Waals surface area contributed by atoms with Gasteiger partial charge in [-0.3, -0.25) is 9.80 Å². The molecule has 10 rings (SSSR count). The molecule has 2 aromatic rings. The predicted octanol–water partition coefficient (Wildman–Crippen LogP) is 5.00. The number of nitrogens with two attached hydrogens (primary N) is 1. The van der Waals surface area contributed by atoms with Crippen LogP contribution in [-0.2, 0) is 19.1 Å². The zero-order chi connectivity index (χ0) is 32.2. The molecule has 0 saturated carbocycles. The summed E-state index contributed by atoms with van der Waals surface area (Å²) in [6.45, 7) is 1.99. The Bertz CT molecular complexity index is 2050. The Hall–Kier alpha value is -4.34. The lowest BCUT2D eigenvalue weighted by Gasteiger charge is -2.41. The smallest absolute Gasteiger partial charge is 0.332 e. The van der Waals surface area contributed by atoms with Crippen molar-refractivity contribution < 1.29 is 19.1 Å². The third-order valence-corrected chi connectivity index (χ3v) is 13.0. The highest BCUT2D eigenvalue weighted by molar-refractivity contribution is 7.10. The van der Waals surface area contributed by atoms with Gasteiger partial charge in [0.25, 0.3) is 0 Å². The van der Waals surface area contributed by atoms with Crippen molar-refractivity contribution in [2.75, 3.05) is 18.8 Å². The van der Waals surface area contributed by atoms with Crippen LogP contribution in [0, 0.1) is 23.7 Å². The Morgan fingerprint density at radius 1 is 0.792 bits per heavy atom. The van der Waals surface area contributed by atoms with Crippen molar-refractivity contribution in [1.82, 2.24) is 9.80 Å². The number of hydrogen-bond acceptors (Lipinski definition) is 8. The highest BCUT2D eigenvalue weighted by Gasteiger charge is 2.63. The summed E-state index contributed by atoms with van der Waals surface area (Å²) in [5, 5.41) is 2.25. The number of nitrogen functional groups attached to an aromatic ring is 1. The molecular formula is C40H35N3O4S. The van der Waals surface area contributed by atoms with E-state index in [-0.39, 0.29) is 36.1 Å². The maximum absolute atomic E-state index is 12.8. The van der Waals surface area contributed by atoms with Crippen LogP contribution in [0.1, 0.15) is 66.9 Å². The Labute approximate surface area is 284 Å². The number of esters is 2. The van der Waals surface area contributed by atoms with Crippen LogP contribution in [0.2, 0.25) is 0 Å². The van der Waals surface area contributed by atoms with E-state index in [0.717, 1.165) is 77.9 Å². The van der Waals surface area contributed by atoms with E-state index in [9.17, 15) is 9.59 Å². The maximum Gasteiger partial charge on any atom is 0.332 e. The summed E-state index contributed by atoms with van der Waals surface area (Å²) in [6.07, 6.45) is 14.9. The zero-order valence-corrected chi connectivity index (χ0v) is 27.4. The lowest BCUT2D eigenvalue weighted by molar-refractivity contribution is -0.149. The molecule has 0 amide bonds. The number of ether oxygens (including phenoxy) is 2. The van der Waals surface area contributed by atoms with Crippen molar-refractivity contribution in [2.24, 2.45) is 0 Å². The number of anilines is 1. The van der Waals surface area contributed by atoms with E-state index in [1.54, 1.807) is 23.5 Å². The highest BCUT2D eigenvalue weighted by Crippen LogP contribution is 2.56. The van der Waals surface area contributed by atoms with Crippen LogP contribution in [0.4, 0.5) is 5.69 Å². The van der Waals surface area contributed by atoms with E-state index >= 15 is 0 Å². The van der Waals surface area contributed by atoms with Crippen molar-refractivity contribution in [3.63, 3.8) is 0 Å². The average molecular weight is 654 g/mol. The molecule has 7 atom stereocenters. The topological polar surface area (TPSA) is 85.1 Å². The fourth-order valence-corrected chi connectivity index (χ4v) is 10.9. The molecule has 8 heteroatoms. The summed E-state index contributed by atoms with van der Waals surface area (Å²) in [5.74, 6) is 13.5. The van der Waals surface area contributed by atoms with E-state index in [1.165, 1.54) is 18.4 Å². The first-order valence-electron chi connectivity index (χ1n) is 17.2. The molecule has 0 radical (unpaired) electrons. The molecule has 8 aliphatic rings. The number of carbonyl (C=O) groups is 2. The van der Waals surface area contributed by atoms with Crippen molar-refractivity contribution >= 4 is 29.0 Å². The molecule has 4 saturated heterocycles. The zero-order valence-electron chi connectivity index (χ0n) is 26.5. The van der Waals surface area contributed by atoms with Crippen LogP contribution in [0.3, 0.4) is 0 Å². The maximum atomic E-state index is 12.8. The number of benzene rings is 1. The lowest BCUT2D eigenvalue weighted by atomic mass is 9.74. The minimum absolute atomic E-state index is 0.102. The van der Waals surface area contributed by atoms with Gasteiger partial charge in [0, 0.05) is 70.6 Å². The van der Waals surface area contributed by atoms with Crippen molar-refractivity contribution in [1.29, 1.82) is 0 Å². The fourth-order valence-electron chi connectivity index (χ4n) is 10.1. The highest BCUT2D eigenvalue weighted by atomic mass is 32.1. The van der Waals surface area contributed by atoms with Gasteiger partial charge in [-0.15, -0.1) is 11.3 Å². The van der Waals surface area contributed by atoms with E-state index in [0.29, 0.717) is 11.6 Å². The minimum Gasteiger partial charge on any atom is -0.449 e. The second-order valence-electron chi connectivity index (χ2n) is 14.5. The predicted molar refractivity (Wildman–Crippen MR) is 183 cm³/mol. The van der Waals surface area contributed by atoms with Gasteiger partial charge >= 0.3 is 11.9 Å². The Balaban J connectivity index is 0.899. The quantitative estimate of drug-likeness (QED) is 0.264. The minimum atomic E-state index is -0.649. The SMILES string of the molecule is Nc1ccc(C#CC2=CC3CC4(OC(=O)C=C24)C2CC(c4csc(C#CC5=CC6CC7(OC(=O)C=C57)C5CCCCN65)c4)CCN32)cc1. The van der Waals surface area contributed by atoms with Gasteiger partial charge in [0.2, 0.25) is 0 Å².